The summed E-state index contributed by atoms with van der Waals surface area (Å²) in [6.45, 7) is 1.69. The molecule has 0 fully saturated rings. The van der Waals surface area contributed by atoms with Crippen LogP contribution in [0.15, 0.2) is 47.2 Å². The van der Waals surface area contributed by atoms with Crippen molar-refractivity contribution in [1.82, 2.24) is 24.7 Å². The number of fused-ring (bicyclic) bond motifs is 2. The first-order valence-electron chi connectivity index (χ1n) is 9.99. The molecule has 1 aliphatic heterocycles. The number of pyridine rings is 1. The molecule has 1 atom stereocenters. The second kappa shape index (κ2) is 10.0. The molecule has 4 aromatic rings. The molecule has 0 saturated carbocycles. The van der Waals surface area contributed by atoms with Gasteiger partial charge in [-0.1, -0.05) is 11.2 Å². The number of thiol groups is 1. The normalized spacial score (nSPS) is 15.6. The highest BCUT2D eigenvalue weighted by Crippen LogP contribution is 2.34. The van der Waals surface area contributed by atoms with Crippen molar-refractivity contribution in [2.24, 2.45) is 0 Å². The lowest BCUT2D eigenvalue weighted by Gasteiger charge is -2.26. The first-order valence-corrected chi connectivity index (χ1v) is 13.2. The molecule has 3 aromatic heterocycles. The molecule has 0 radical (unpaired) electrons. The van der Waals surface area contributed by atoms with Gasteiger partial charge in [-0.2, -0.15) is 23.3 Å². The molecule has 1 amide bonds. The van der Waals surface area contributed by atoms with Gasteiger partial charge in [0.15, 0.2) is 0 Å². The molecule has 35 heavy (non-hydrogen) atoms. The lowest BCUT2D eigenvalue weighted by molar-refractivity contribution is -0.159. The Balaban J connectivity index is 0.00000141. The van der Waals surface area contributed by atoms with E-state index in [1.807, 2.05) is 21.2 Å². The van der Waals surface area contributed by atoms with Crippen LogP contribution in [0.25, 0.3) is 16.9 Å². The van der Waals surface area contributed by atoms with E-state index in [0.717, 1.165) is 6.07 Å². The smallest absolute Gasteiger partial charge is 0.471 e. The van der Waals surface area contributed by atoms with E-state index < -0.39 is 29.8 Å². The number of carbonyl (C=O) groups excluding carboxylic acids is 1. The summed E-state index contributed by atoms with van der Waals surface area (Å²) in [6.07, 6.45) is -1.66. The number of benzene rings is 1. The largest absolute Gasteiger partial charge is 0.491 e. The number of aromatic nitrogens is 4. The maximum Gasteiger partial charge on any atom is 0.471 e. The molecule has 4 heterocycles. The van der Waals surface area contributed by atoms with Crippen LogP contribution in [0.5, 0.6) is 5.75 Å². The van der Waals surface area contributed by atoms with Crippen molar-refractivity contribution in [3.05, 3.63) is 65.6 Å². The molecule has 0 N–H and O–H groups in total. The number of hydrogen-bond acceptors (Lipinski definition) is 7. The predicted molar refractivity (Wildman–Crippen MR) is 128 cm³/mol. The molecule has 0 unspecified atom stereocenters. The SMILES string of the molecule is C[C@H]1COc2cc(-c3noc(C(F)(F)F)n3)cc(F)c2CN1C(=O)c1cnn2ccccc12.SI. The average Bonchev–Trinajstić information content (AvgIpc) is 3.47. The number of amides is 1. The summed E-state index contributed by atoms with van der Waals surface area (Å²) in [7, 11) is 3.50. The molecular formula is C21H16F4IN5O3S. The third-order valence-electron chi connectivity index (χ3n) is 5.34. The van der Waals surface area contributed by atoms with Crippen molar-refractivity contribution >= 4 is 42.4 Å². The van der Waals surface area contributed by atoms with E-state index in [0.29, 0.717) is 11.1 Å². The van der Waals surface area contributed by atoms with Gasteiger partial charge in [0.25, 0.3) is 5.91 Å². The number of nitrogens with zero attached hydrogens (tertiary/aromatic N) is 5. The zero-order chi connectivity index (χ0) is 25.3. The van der Waals surface area contributed by atoms with Gasteiger partial charge in [0.05, 0.1) is 29.9 Å². The minimum absolute atomic E-state index is 0.0411. The number of ether oxygens (including phenoxy) is 1. The van der Waals surface area contributed by atoms with E-state index in [1.165, 1.54) is 17.2 Å². The molecule has 0 spiro atoms. The van der Waals surface area contributed by atoms with Crippen LogP contribution in [-0.2, 0) is 12.7 Å². The van der Waals surface area contributed by atoms with Crippen molar-refractivity contribution in [2.75, 3.05) is 6.61 Å². The van der Waals surface area contributed by atoms with Gasteiger partial charge >= 0.3 is 12.1 Å². The summed E-state index contributed by atoms with van der Waals surface area (Å²) in [5.41, 5.74) is 1.01. The Morgan fingerprint density at radius 1 is 1.26 bits per heavy atom. The van der Waals surface area contributed by atoms with Gasteiger partial charge < -0.3 is 14.2 Å². The highest BCUT2D eigenvalue weighted by Gasteiger charge is 2.39. The third-order valence-corrected chi connectivity index (χ3v) is 5.34. The molecule has 0 saturated heterocycles. The second-order valence-electron chi connectivity index (χ2n) is 7.54. The maximum absolute atomic E-state index is 15.1. The molecule has 1 aromatic carbocycles. The Labute approximate surface area is 213 Å². The van der Waals surface area contributed by atoms with E-state index >= 15 is 4.39 Å². The van der Waals surface area contributed by atoms with Crippen LogP contribution in [0.4, 0.5) is 17.6 Å². The van der Waals surface area contributed by atoms with E-state index in [1.54, 1.807) is 35.8 Å². The van der Waals surface area contributed by atoms with Crippen LogP contribution in [0.1, 0.15) is 28.7 Å². The summed E-state index contributed by atoms with van der Waals surface area (Å²) in [5.74, 6) is -2.99. The molecule has 8 nitrogen and oxygen atoms in total. The number of halogens is 5. The number of carbonyl (C=O) groups is 1. The zero-order valence-electron chi connectivity index (χ0n) is 17.8. The summed E-state index contributed by atoms with van der Waals surface area (Å²) in [6, 6.07) is 7.21. The zero-order valence-corrected chi connectivity index (χ0v) is 20.9. The first-order chi connectivity index (χ1) is 16.7. The number of alkyl halides is 3. The molecule has 14 heteroatoms. The molecule has 184 valence electrons. The fourth-order valence-corrected chi connectivity index (χ4v) is 3.63. The molecule has 5 rings (SSSR count). The monoisotopic (exact) mass is 621 g/mol. The minimum atomic E-state index is -4.82. The molecule has 0 aliphatic carbocycles. The Morgan fingerprint density at radius 3 is 2.74 bits per heavy atom. The Hall–Kier alpha value is -2.88. The van der Waals surface area contributed by atoms with Crippen molar-refractivity contribution in [1.29, 1.82) is 0 Å². The summed E-state index contributed by atoms with van der Waals surface area (Å²) in [5, 5.41) is 7.46. The van der Waals surface area contributed by atoms with E-state index in [9.17, 15) is 18.0 Å². The maximum atomic E-state index is 15.1. The second-order valence-corrected chi connectivity index (χ2v) is 7.54. The highest BCUT2D eigenvalue weighted by molar-refractivity contribution is 14.2. The molecular weight excluding hydrogens is 605 g/mol. The van der Waals surface area contributed by atoms with Gasteiger partial charge in [0, 0.05) is 17.3 Å². The van der Waals surface area contributed by atoms with Crippen molar-refractivity contribution < 1.29 is 31.6 Å². The average molecular weight is 621 g/mol. The van der Waals surface area contributed by atoms with Crippen LogP contribution < -0.4 is 4.74 Å². The fourth-order valence-electron chi connectivity index (χ4n) is 3.63. The standard InChI is InChI=1S/C21H15F4N5O3.HIS/c1-11-10-32-17-7-12(18-27-20(33-28-18)21(23,24)25)6-15(22)14(17)9-29(11)19(31)13-8-26-30-5-3-2-4-16(13)30;1-2/h2-8,11H,9-10H2,1H3;2H/t11-;/m0./s1. The van der Waals surface area contributed by atoms with Gasteiger partial charge in [0.1, 0.15) is 18.2 Å². The predicted octanol–water partition coefficient (Wildman–Crippen LogP) is 5.23. The Morgan fingerprint density at radius 2 is 2.03 bits per heavy atom. The summed E-state index contributed by atoms with van der Waals surface area (Å²) >= 11 is 1.84. The van der Waals surface area contributed by atoms with Crippen LogP contribution >= 0.6 is 31.0 Å². The Kier molecular flexibility index (Phi) is 7.21. The fraction of sp³-hybridized carbons (Fsp3) is 0.238. The van der Waals surface area contributed by atoms with Crippen LogP contribution in [0.2, 0.25) is 0 Å². The van der Waals surface area contributed by atoms with Crippen LogP contribution in [-0.4, -0.2) is 43.2 Å². The minimum Gasteiger partial charge on any atom is -0.491 e. The first kappa shape index (κ1) is 25.2. The highest BCUT2D eigenvalue weighted by atomic mass is 127. The summed E-state index contributed by atoms with van der Waals surface area (Å²) < 4.78 is 64.8. The van der Waals surface area contributed by atoms with E-state index in [4.69, 9.17) is 4.74 Å². The van der Waals surface area contributed by atoms with Gasteiger partial charge in [0.2, 0.25) is 5.82 Å². The quantitative estimate of drug-likeness (QED) is 0.188. The molecule has 1 aliphatic rings. The topological polar surface area (TPSA) is 85.8 Å². The molecule has 0 bridgehead atoms. The van der Waals surface area contributed by atoms with Crippen molar-refractivity contribution in [3.8, 4) is 17.1 Å². The lowest BCUT2D eigenvalue weighted by atomic mass is 10.1. The van der Waals surface area contributed by atoms with Crippen molar-refractivity contribution in [3.63, 3.8) is 0 Å². The van der Waals surface area contributed by atoms with E-state index in [-0.39, 0.29) is 35.9 Å². The van der Waals surface area contributed by atoms with Gasteiger partial charge in [-0.25, -0.2) is 8.91 Å². The summed E-state index contributed by atoms with van der Waals surface area (Å²) in [4.78, 5) is 18.1. The lowest BCUT2D eigenvalue weighted by Crippen LogP contribution is -2.39. The van der Waals surface area contributed by atoms with Crippen molar-refractivity contribution in [2.45, 2.75) is 25.7 Å². The Bertz CT molecular complexity index is 1380. The number of rotatable bonds is 2. The van der Waals surface area contributed by atoms with Gasteiger partial charge in [-0.05, 0) is 52.4 Å². The van der Waals surface area contributed by atoms with E-state index in [2.05, 4.69) is 29.6 Å². The van der Waals surface area contributed by atoms with Crippen LogP contribution in [0.3, 0.4) is 0 Å². The van der Waals surface area contributed by atoms with Gasteiger partial charge in [-0.3, -0.25) is 4.79 Å². The van der Waals surface area contributed by atoms with Crippen LogP contribution in [0, 0.1) is 5.82 Å². The number of hydrogen-bond donors (Lipinski definition) is 1. The third kappa shape index (κ3) is 4.94. The van der Waals surface area contributed by atoms with Gasteiger partial charge in [-0.15, -0.1) is 9.80 Å².